The number of benzene rings is 3. The summed E-state index contributed by atoms with van der Waals surface area (Å²) in [5.74, 6) is 0.602. The number of ether oxygens (including phenoxy) is 1. The molecule has 9 nitrogen and oxygen atoms in total. The second kappa shape index (κ2) is 14.1. The van der Waals surface area contributed by atoms with Crippen LogP contribution in [0.1, 0.15) is 51.5 Å². The number of fused-ring (bicyclic) bond motifs is 2. The lowest BCUT2D eigenvalue weighted by Gasteiger charge is -2.13. The molecule has 0 bridgehead atoms. The average Bonchev–Trinajstić information content (AvgIpc) is 3.67. The molecule has 11 heteroatoms. The van der Waals surface area contributed by atoms with Gasteiger partial charge in [-0.2, -0.15) is 10.2 Å². The minimum Gasteiger partial charge on any atom is -0.507 e. The first-order chi connectivity index (χ1) is 23.1. The Labute approximate surface area is 289 Å². The fraction of sp³-hybridized carbons (Fsp3) is 0.324. The number of aromatic hydroxyl groups is 1. The highest BCUT2D eigenvalue weighted by atomic mass is 35.5. The lowest BCUT2D eigenvalue weighted by Crippen LogP contribution is -2.11. The number of aromatic nitrogens is 5. The van der Waals surface area contributed by atoms with Gasteiger partial charge in [-0.3, -0.25) is 9.36 Å². The van der Waals surface area contributed by atoms with Crippen LogP contribution in [0.15, 0.2) is 59.5 Å². The second-order valence-corrected chi connectivity index (χ2v) is 13.6. The normalized spacial score (nSPS) is 11.6. The van der Waals surface area contributed by atoms with Crippen molar-refractivity contribution in [2.45, 2.75) is 56.7 Å². The summed E-state index contributed by atoms with van der Waals surface area (Å²) in [5, 5.41) is 33.1. The van der Waals surface area contributed by atoms with Gasteiger partial charge in [-0.1, -0.05) is 41.9 Å². The molecule has 0 amide bonds. The van der Waals surface area contributed by atoms with Crippen molar-refractivity contribution in [1.82, 2.24) is 24.1 Å². The average molecular weight is 686 g/mol. The number of nitrogens with zero attached hydrogens (tertiary/aromatic N) is 5. The number of carbonyl (C=O) groups is 1. The summed E-state index contributed by atoms with van der Waals surface area (Å²) in [6.07, 6.45) is 2.64. The van der Waals surface area contributed by atoms with Gasteiger partial charge in [0.05, 0.1) is 34.7 Å². The van der Waals surface area contributed by atoms with E-state index in [9.17, 15) is 15.0 Å². The summed E-state index contributed by atoms with van der Waals surface area (Å²) < 4.78 is 11.0. The lowest BCUT2D eigenvalue weighted by molar-refractivity contribution is 0.0589. The minimum absolute atomic E-state index is 0.0220. The SMILES string of the molecule is COC(=O)c1c(CCCO)c2ccc(Cl)c(-c3c(C)c(C)nn3CCCc3cc(CSc4cc(O)c5ccccc5c4)n(C)n3)c2n1C. The topological polar surface area (TPSA) is 107 Å². The molecule has 0 saturated carbocycles. The molecule has 3 aromatic carbocycles. The van der Waals surface area contributed by atoms with E-state index in [0.29, 0.717) is 35.9 Å². The molecule has 48 heavy (non-hydrogen) atoms. The quantitative estimate of drug-likeness (QED) is 0.101. The molecule has 2 N–H and O–H groups in total. The van der Waals surface area contributed by atoms with Crippen molar-refractivity contribution in [3.05, 3.63) is 93.5 Å². The molecule has 0 aliphatic rings. The van der Waals surface area contributed by atoms with E-state index in [2.05, 4.69) is 19.1 Å². The van der Waals surface area contributed by atoms with Crippen molar-refractivity contribution >= 4 is 51.0 Å². The number of hydrogen-bond donors (Lipinski definition) is 2. The van der Waals surface area contributed by atoms with Gasteiger partial charge in [0.2, 0.25) is 0 Å². The van der Waals surface area contributed by atoms with E-state index in [1.807, 2.05) is 77.4 Å². The van der Waals surface area contributed by atoms with Gasteiger partial charge in [-0.25, -0.2) is 4.79 Å². The van der Waals surface area contributed by atoms with E-state index >= 15 is 0 Å². The summed E-state index contributed by atoms with van der Waals surface area (Å²) in [7, 11) is 5.21. The van der Waals surface area contributed by atoms with Gasteiger partial charge in [0.25, 0.3) is 0 Å². The van der Waals surface area contributed by atoms with Crippen LogP contribution in [0.2, 0.25) is 5.02 Å². The smallest absolute Gasteiger partial charge is 0.354 e. The first-order valence-corrected chi connectivity index (χ1v) is 17.4. The fourth-order valence-corrected chi connectivity index (χ4v) is 7.82. The van der Waals surface area contributed by atoms with Crippen LogP contribution in [0.5, 0.6) is 5.75 Å². The van der Waals surface area contributed by atoms with E-state index < -0.39 is 5.97 Å². The summed E-state index contributed by atoms with van der Waals surface area (Å²) in [4.78, 5) is 14.0. The van der Waals surface area contributed by atoms with Crippen LogP contribution in [-0.4, -0.2) is 54.0 Å². The van der Waals surface area contributed by atoms with Crippen molar-refractivity contribution in [3.63, 3.8) is 0 Å². The third-order valence-electron chi connectivity index (χ3n) is 9.07. The maximum absolute atomic E-state index is 13.0. The Kier molecular flexibility index (Phi) is 9.87. The predicted octanol–water partition coefficient (Wildman–Crippen LogP) is 7.54. The Balaban J connectivity index is 1.24. The number of phenols is 1. The molecule has 6 rings (SSSR count). The Hall–Kier alpha value is -4.25. The molecule has 0 spiro atoms. The maximum atomic E-state index is 13.0. The number of hydrogen-bond acceptors (Lipinski definition) is 7. The van der Waals surface area contributed by atoms with E-state index in [4.69, 9.17) is 26.5 Å². The minimum atomic E-state index is -0.423. The number of methoxy groups -OCH3 is 1. The molecule has 0 aliphatic heterocycles. The second-order valence-electron chi connectivity index (χ2n) is 12.1. The van der Waals surface area contributed by atoms with Gasteiger partial charge in [0, 0.05) is 59.9 Å². The van der Waals surface area contributed by atoms with Crippen LogP contribution in [0.3, 0.4) is 0 Å². The largest absolute Gasteiger partial charge is 0.507 e. The van der Waals surface area contributed by atoms with Gasteiger partial charge in [0.1, 0.15) is 11.4 Å². The monoisotopic (exact) mass is 685 g/mol. The number of aryl methyl sites for hydroxylation is 6. The zero-order valence-corrected chi connectivity index (χ0v) is 29.5. The van der Waals surface area contributed by atoms with Crippen LogP contribution in [0.25, 0.3) is 32.9 Å². The summed E-state index contributed by atoms with van der Waals surface area (Å²) in [6, 6.07) is 17.8. The Bertz CT molecular complexity index is 2150. The number of aliphatic hydroxyl groups excluding tert-OH is 1. The molecule has 0 radical (unpaired) electrons. The van der Waals surface area contributed by atoms with Crippen LogP contribution >= 0.6 is 23.4 Å². The summed E-state index contributed by atoms with van der Waals surface area (Å²) in [6.45, 7) is 4.73. The number of esters is 1. The molecule has 3 heterocycles. The molecule has 0 atom stereocenters. The molecule has 3 aromatic heterocycles. The zero-order chi connectivity index (χ0) is 34.1. The van der Waals surface area contributed by atoms with Crippen molar-refractivity contribution in [3.8, 4) is 17.0 Å². The lowest BCUT2D eigenvalue weighted by atomic mass is 10.00. The maximum Gasteiger partial charge on any atom is 0.354 e. The van der Waals surface area contributed by atoms with Crippen molar-refractivity contribution in [2.75, 3.05) is 13.7 Å². The molecule has 0 unspecified atom stereocenters. The Morgan fingerprint density at radius 2 is 1.79 bits per heavy atom. The van der Waals surface area contributed by atoms with Crippen molar-refractivity contribution in [1.29, 1.82) is 0 Å². The molecule has 6 aromatic rings. The number of carbonyl (C=O) groups excluding carboxylic acids is 1. The third kappa shape index (κ3) is 6.32. The number of aliphatic hydroxyl groups is 1. The van der Waals surface area contributed by atoms with Crippen LogP contribution in [0, 0.1) is 13.8 Å². The highest BCUT2D eigenvalue weighted by Gasteiger charge is 2.27. The van der Waals surface area contributed by atoms with Crippen LogP contribution < -0.4 is 0 Å². The molecule has 0 saturated heterocycles. The van der Waals surface area contributed by atoms with Gasteiger partial charge in [-0.05, 0) is 80.3 Å². The number of phenolic OH excluding ortho intramolecular Hbond substituents is 1. The van der Waals surface area contributed by atoms with E-state index in [-0.39, 0.29) is 6.61 Å². The summed E-state index contributed by atoms with van der Waals surface area (Å²) >= 11 is 8.64. The van der Waals surface area contributed by atoms with E-state index in [1.54, 1.807) is 11.8 Å². The van der Waals surface area contributed by atoms with Gasteiger partial charge >= 0.3 is 5.97 Å². The van der Waals surface area contributed by atoms with E-state index in [0.717, 1.165) is 84.6 Å². The highest BCUT2D eigenvalue weighted by Crippen LogP contribution is 2.41. The molecule has 0 fully saturated rings. The molecular weight excluding hydrogens is 646 g/mol. The van der Waals surface area contributed by atoms with Gasteiger partial charge < -0.3 is 19.5 Å². The van der Waals surface area contributed by atoms with Gasteiger partial charge in [0.15, 0.2) is 0 Å². The molecular formula is C37H40ClN5O4S. The first kappa shape index (κ1) is 33.6. The van der Waals surface area contributed by atoms with Crippen molar-refractivity contribution < 1.29 is 19.7 Å². The third-order valence-corrected chi connectivity index (χ3v) is 10.4. The molecule has 0 aliphatic carbocycles. The van der Waals surface area contributed by atoms with Crippen molar-refractivity contribution in [2.24, 2.45) is 14.1 Å². The van der Waals surface area contributed by atoms with Crippen LogP contribution in [-0.2, 0) is 44.0 Å². The number of thioether (sulfide) groups is 1. The predicted molar refractivity (Wildman–Crippen MR) is 192 cm³/mol. The molecule has 250 valence electrons. The first-order valence-electron chi connectivity index (χ1n) is 16.0. The standard InChI is InChI=1S/C37H40ClN5O4S/c1-22-23(2)39-43(34(22)33-31(38)15-14-30-29(13-9-17-44)36(37(46)47-5)41(3)35(30)33)16-8-11-25-19-26(42(4)40-25)21-48-27-18-24-10-6-7-12-28(24)32(45)20-27/h6-7,10,12,14-15,18-20,44-45H,8-9,11,13,16-17,21H2,1-5H3. The van der Waals surface area contributed by atoms with Gasteiger partial charge in [-0.15, -0.1) is 11.8 Å². The number of rotatable bonds is 12. The Morgan fingerprint density at radius 3 is 2.56 bits per heavy atom. The van der Waals surface area contributed by atoms with Crippen LogP contribution in [0.4, 0.5) is 0 Å². The summed E-state index contributed by atoms with van der Waals surface area (Å²) in [5.41, 5.74) is 7.95. The number of halogens is 1. The van der Waals surface area contributed by atoms with E-state index in [1.165, 1.54) is 7.11 Å². The Morgan fingerprint density at radius 1 is 1.00 bits per heavy atom. The zero-order valence-electron chi connectivity index (χ0n) is 27.9. The highest BCUT2D eigenvalue weighted by molar-refractivity contribution is 7.98. The fourth-order valence-electron chi connectivity index (χ4n) is 6.58.